The summed E-state index contributed by atoms with van der Waals surface area (Å²) in [5, 5.41) is 12.2. The van der Waals surface area contributed by atoms with Crippen molar-refractivity contribution in [3.05, 3.63) is 69.6 Å². The lowest BCUT2D eigenvalue weighted by molar-refractivity contribution is -0.140. The van der Waals surface area contributed by atoms with Gasteiger partial charge in [-0.05, 0) is 30.0 Å². The van der Waals surface area contributed by atoms with Crippen LogP contribution < -0.4 is 10.3 Å². The van der Waals surface area contributed by atoms with Crippen LogP contribution in [0.2, 0.25) is 0 Å². The first-order valence-corrected chi connectivity index (χ1v) is 8.51. The van der Waals surface area contributed by atoms with E-state index in [1.54, 1.807) is 20.1 Å². The highest BCUT2D eigenvalue weighted by Crippen LogP contribution is 2.38. The third kappa shape index (κ3) is 3.51. The summed E-state index contributed by atoms with van der Waals surface area (Å²) in [6.07, 6.45) is -0.0769. The molecule has 1 aromatic heterocycles. The molecule has 3 rings (SSSR count). The van der Waals surface area contributed by atoms with Crippen LogP contribution in [0.4, 0.5) is 0 Å². The molecule has 0 aliphatic carbocycles. The number of H-pyrrole nitrogens is 1. The monoisotopic (exact) mass is 367 g/mol. The van der Waals surface area contributed by atoms with E-state index in [1.165, 1.54) is 13.2 Å². The van der Waals surface area contributed by atoms with Crippen LogP contribution in [0.1, 0.15) is 29.2 Å². The summed E-state index contributed by atoms with van der Waals surface area (Å²) in [4.78, 5) is 27.4. The second-order valence-electron chi connectivity index (χ2n) is 6.32. The maximum atomic E-state index is 12.6. The van der Waals surface area contributed by atoms with Gasteiger partial charge in [0.15, 0.2) is 0 Å². The molecule has 0 amide bonds. The fourth-order valence-corrected chi connectivity index (χ4v) is 3.41. The Hall–Kier alpha value is -3.28. The van der Waals surface area contributed by atoms with Gasteiger partial charge in [-0.2, -0.15) is 0 Å². The third-order valence-corrected chi connectivity index (χ3v) is 4.64. The smallest absolute Gasteiger partial charge is 0.306 e. The van der Waals surface area contributed by atoms with Crippen LogP contribution >= 0.6 is 0 Å². The SMILES string of the molecule is COC(=O)C[C@@H](c1c(O)cc(C)[nH]c1=O)c1ccc(OC)c2ccccc12. The van der Waals surface area contributed by atoms with Gasteiger partial charge < -0.3 is 19.6 Å². The Labute approximate surface area is 156 Å². The second-order valence-corrected chi connectivity index (χ2v) is 6.32. The number of aromatic nitrogens is 1. The molecule has 0 unspecified atom stereocenters. The molecule has 0 saturated heterocycles. The number of esters is 1. The Morgan fingerprint density at radius 2 is 1.85 bits per heavy atom. The van der Waals surface area contributed by atoms with E-state index in [1.807, 2.05) is 30.3 Å². The number of aromatic amines is 1. The Bertz CT molecular complexity index is 1050. The molecule has 2 aromatic carbocycles. The van der Waals surface area contributed by atoms with Crippen molar-refractivity contribution >= 4 is 16.7 Å². The summed E-state index contributed by atoms with van der Waals surface area (Å²) in [5.74, 6) is -0.602. The van der Waals surface area contributed by atoms with Gasteiger partial charge in [-0.1, -0.05) is 30.3 Å². The number of pyridine rings is 1. The molecule has 1 atom stereocenters. The predicted molar refractivity (Wildman–Crippen MR) is 102 cm³/mol. The molecule has 0 fully saturated rings. The maximum absolute atomic E-state index is 12.6. The molecule has 140 valence electrons. The molecule has 0 radical (unpaired) electrons. The number of hydrogen-bond donors (Lipinski definition) is 2. The summed E-state index contributed by atoms with van der Waals surface area (Å²) < 4.78 is 10.3. The van der Waals surface area contributed by atoms with Crippen molar-refractivity contribution in [2.45, 2.75) is 19.3 Å². The minimum absolute atomic E-state index is 0.0769. The lowest BCUT2D eigenvalue weighted by Gasteiger charge is -2.20. The van der Waals surface area contributed by atoms with Crippen molar-refractivity contribution in [1.82, 2.24) is 4.98 Å². The van der Waals surface area contributed by atoms with E-state index in [-0.39, 0.29) is 17.7 Å². The van der Waals surface area contributed by atoms with Crippen LogP contribution in [0, 0.1) is 6.92 Å². The van der Waals surface area contributed by atoms with Crippen LogP contribution in [0.5, 0.6) is 11.5 Å². The zero-order valence-corrected chi connectivity index (χ0v) is 15.4. The Morgan fingerprint density at radius 3 is 2.48 bits per heavy atom. The van der Waals surface area contributed by atoms with Crippen LogP contribution in [0.15, 0.2) is 47.3 Å². The first kappa shape index (κ1) is 18.5. The number of ether oxygens (including phenoxy) is 2. The number of carbonyl (C=O) groups is 1. The molecule has 6 nitrogen and oxygen atoms in total. The molecular formula is C21H21NO5. The van der Waals surface area contributed by atoms with Crippen molar-refractivity contribution in [1.29, 1.82) is 0 Å². The van der Waals surface area contributed by atoms with Gasteiger partial charge in [-0.25, -0.2) is 0 Å². The highest BCUT2D eigenvalue weighted by atomic mass is 16.5. The average Bonchev–Trinajstić information content (AvgIpc) is 2.65. The molecular weight excluding hydrogens is 346 g/mol. The average molecular weight is 367 g/mol. The largest absolute Gasteiger partial charge is 0.507 e. The second kappa shape index (κ2) is 7.53. The first-order valence-electron chi connectivity index (χ1n) is 8.51. The van der Waals surface area contributed by atoms with Gasteiger partial charge in [0.25, 0.3) is 5.56 Å². The molecule has 0 aliphatic heterocycles. The molecule has 6 heteroatoms. The molecule has 0 spiro atoms. The van der Waals surface area contributed by atoms with Crippen molar-refractivity contribution in [2.24, 2.45) is 0 Å². The summed E-state index contributed by atoms with van der Waals surface area (Å²) in [6.45, 7) is 1.68. The van der Waals surface area contributed by atoms with Gasteiger partial charge in [0.2, 0.25) is 0 Å². The molecule has 27 heavy (non-hydrogen) atoms. The number of aryl methyl sites for hydroxylation is 1. The highest BCUT2D eigenvalue weighted by Gasteiger charge is 2.27. The molecule has 3 aromatic rings. The van der Waals surface area contributed by atoms with Gasteiger partial charge in [0, 0.05) is 17.0 Å². The summed E-state index contributed by atoms with van der Waals surface area (Å²) >= 11 is 0. The number of aromatic hydroxyl groups is 1. The van der Waals surface area contributed by atoms with Crippen LogP contribution in [0.3, 0.4) is 0 Å². The molecule has 0 aliphatic rings. The van der Waals surface area contributed by atoms with Gasteiger partial charge in [-0.15, -0.1) is 0 Å². The van der Waals surface area contributed by atoms with E-state index >= 15 is 0 Å². The Kier molecular flexibility index (Phi) is 5.16. The van der Waals surface area contributed by atoms with E-state index in [2.05, 4.69) is 4.98 Å². The molecule has 0 bridgehead atoms. The van der Waals surface area contributed by atoms with Crippen LogP contribution in [-0.4, -0.2) is 30.3 Å². The van der Waals surface area contributed by atoms with E-state index in [0.29, 0.717) is 11.4 Å². The summed E-state index contributed by atoms with van der Waals surface area (Å²) in [7, 11) is 2.88. The van der Waals surface area contributed by atoms with Gasteiger partial charge in [-0.3, -0.25) is 9.59 Å². The number of carbonyl (C=O) groups excluding carboxylic acids is 1. The summed E-state index contributed by atoms with van der Waals surface area (Å²) in [6, 6.07) is 12.7. The van der Waals surface area contributed by atoms with E-state index in [9.17, 15) is 14.7 Å². The van der Waals surface area contributed by atoms with E-state index in [4.69, 9.17) is 9.47 Å². The maximum Gasteiger partial charge on any atom is 0.306 e. The molecule has 2 N–H and O–H groups in total. The number of nitrogens with one attached hydrogen (secondary N) is 1. The zero-order chi connectivity index (χ0) is 19.6. The number of rotatable bonds is 5. The summed E-state index contributed by atoms with van der Waals surface area (Å²) in [5.41, 5.74) is 0.988. The lowest BCUT2D eigenvalue weighted by Crippen LogP contribution is -2.21. The third-order valence-electron chi connectivity index (χ3n) is 4.64. The Balaban J connectivity index is 2.29. The van der Waals surface area contributed by atoms with Crippen molar-refractivity contribution in [3.63, 3.8) is 0 Å². The number of hydrogen-bond acceptors (Lipinski definition) is 5. The standard InChI is InChI=1S/C21H21NO5/c1-12-10-17(23)20(21(25)22-12)16(11-19(24)27-3)14-8-9-18(26-2)15-7-5-4-6-13(14)15/h4-10,16H,11H2,1-3H3,(H2,22,23,25)/t16-/m1/s1. The van der Waals surface area contributed by atoms with Crippen molar-refractivity contribution in [3.8, 4) is 11.5 Å². The highest BCUT2D eigenvalue weighted by molar-refractivity contribution is 5.92. The Morgan fingerprint density at radius 1 is 1.15 bits per heavy atom. The van der Waals surface area contributed by atoms with Crippen LogP contribution in [0.25, 0.3) is 10.8 Å². The van der Waals surface area contributed by atoms with Crippen LogP contribution in [-0.2, 0) is 9.53 Å². The van der Waals surface area contributed by atoms with Crippen molar-refractivity contribution < 1.29 is 19.4 Å². The lowest BCUT2D eigenvalue weighted by atomic mass is 9.85. The van der Waals surface area contributed by atoms with E-state index in [0.717, 1.165) is 16.3 Å². The van der Waals surface area contributed by atoms with Gasteiger partial charge in [0.05, 0.1) is 26.2 Å². The predicted octanol–water partition coefficient (Wildman–Crippen LogP) is 3.25. The quantitative estimate of drug-likeness (QED) is 0.676. The molecule has 1 heterocycles. The first-order chi connectivity index (χ1) is 13.0. The van der Waals surface area contributed by atoms with E-state index < -0.39 is 17.4 Å². The minimum Gasteiger partial charge on any atom is -0.507 e. The topological polar surface area (TPSA) is 88.6 Å². The number of methoxy groups -OCH3 is 2. The van der Waals surface area contributed by atoms with Crippen molar-refractivity contribution in [2.75, 3.05) is 14.2 Å². The molecule has 0 saturated carbocycles. The fourth-order valence-electron chi connectivity index (χ4n) is 3.41. The fraction of sp³-hybridized carbons (Fsp3) is 0.238. The minimum atomic E-state index is -0.669. The number of benzene rings is 2. The zero-order valence-electron chi connectivity index (χ0n) is 15.4. The van der Waals surface area contributed by atoms with Gasteiger partial charge >= 0.3 is 5.97 Å². The normalized spacial score (nSPS) is 12.0. The number of fused-ring (bicyclic) bond motifs is 1. The van der Waals surface area contributed by atoms with Gasteiger partial charge in [0.1, 0.15) is 11.5 Å².